The van der Waals surface area contributed by atoms with E-state index in [2.05, 4.69) is 143 Å². The van der Waals surface area contributed by atoms with Crippen LogP contribution in [-0.4, -0.2) is 14.6 Å². The fourth-order valence-electron chi connectivity index (χ4n) is 4.65. The first kappa shape index (κ1) is 31.6. The molecule has 2 heterocycles. The Balaban J connectivity index is 0.000000211. The Kier molecular flexibility index (Phi) is 11.4. The molecule has 0 atom stereocenters. The van der Waals surface area contributed by atoms with E-state index in [4.69, 9.17) is 0 Å². The number of halogens is 4. The van der Waals surface area contributed by atoms with Gasteiger partial charge in [-0.05, 0) is 44.0 Å². The van der Waals surface area contributed by atoms with Crippen molar-refractivity contribution in [1.29, 1.82) is 0 Å². The second-order valence-corrected chi connectivity index (χ2v) is 20.1. The largest absolute Gasteiger partial charge is 1.00 e. The van der Waals surface area contributed by atoms with E-state index >= 15 is 0 Å². The van der Waals surface area contributed by atoms with Crippen LogP contribution in [-0.2, 0) is 37.4 Å². The zero-order valence-electron chi connectivity index (χ0n) is 21.2. The Hall–Kier alpha value is -0.620. The van der Waals surface area contributed by atoms with Crippen LogP contribution in [0.5, 0.6) is 0 Å². The van der Waals surface area contributed by atoms with Crippen molar-refractivity contribution >= 4 is 80.9 Å². The van der Waals surface area contributed by atoms with Gasteiger partial charge in [-0.3, -0.25) is 0 Å². The van der Waals surface area contributed by atoms with E-state index in [1.807, 2.05) is 0 Å². The van der Waals surface area contributed by atoms with E-state index in [0.29, 0.717) is 0 Å². The maximum absolute atomic E-state index is 3.61. The molecule has 6 aromatic rings. The molecule has 0 spiro atoms. The molecule has 0 bridgehead atoms. The molecule has 0 saturated heterocycles. The molecular weight excluding hydrogens is 714 g/mol. The van der Waals surface area contributed by atoms with Crippen LogP contribution < -0.4 is 24.8 Å². The Morgan fingerprint density at radius 1 is 0.722 bits per heavy atom. The van der Waals surface area contributed by atoms with Crippen LogP contribution >= 0.6 is 31.9 Å². The first-order valence-electron chi connectivity index (χ1n) is 11.2. The number of hydrogen-bond acceptors (Lipinski definition) is 0. The smallest absolute Gasteiger partial charge is 0.0314 e. The molecule has 8 heteroatoms. The van der Waals surface area contributed by atoms with Crippen molar-refractivity contribution in [1.82, 2.24) is 9.13 Å². The van der Waals surface area contributed by atoms with Crippen molar-refractivity contribution in [3.8, 4) is 0 Å². The molecule has 0 aliphatic rings. The maximum atomic E-state index is 3.61. The van der Waals surface area contributed by atoms with Crippen LogP contribution in [0, 0.1) is 13.8 Å². The van der Waals surface area contributed by atoms with Gasteiger partial charge < -0.3 is 33.9 Å². The average molecular weight is 743 g/mol. The van der Waals surface area contributed by atoms with E-state index in [1.165, 1.54) is 54.7 Å². The van der Waals surface area contributed by atoms with Gasteiger partial charge in [-0.2, -0.15) is 0 Å². The summed E-state index contributed by atoms with van der Waals surface area (Å²) in [5.74, 6) is 0. The quantitative estimate of drug-likeness (QED) is 0.168. The van der Waals surface area contributed by atoms with Gasteiger partial charge in [-0.15, -0.1) is 46.2 Å². The van der Waals surface area contributed by atoms with E-state index in [0.717, 1.165) is 8.95 Å². The minimum absolute atomic E-state index is 0. The molecule has 36 heavy (non-hydrogen) atoms. The third-order valence-electron chi connectivity index (χ3n) is 5.97. The van der Waals surface area contributed by atoms with Crippen LogP contribution in [0.2, 0.25) is 13.1 Å². The first-order chi connectivity index (χ1) is 16.1. The summed E-state index contributed by atoms with van der Waals surface area (Å²) in [6, 6.07) is 21.7. The summed E-state index contributed by atoms with van der Waals surface area (Å²) < 4.78 is 6.83. The molecule has 4 aromatic carbocycles. The molecule has 2 nitrogen and oxygen atoms in total. The van der Waals surface area contributed by atoms with E-state index in [1.54, 1.807) is 23.3 Å². The molecule has 0 aliphatic heterocycles. The predicted molar refractivity (Wildman–Crippen MR) is 154 cm³/mol. The minimum atomic E-state index is 0. The zero-order chi connectivity index (χ0) is 24.7. The number of para-hydroxylation sites is 2. The second kappa shape index (κ2) is 13.0. The molecule has 0 saturated carbocycles. The van der Waals surface area contributed by atoms with Gasteiger partial charge in [-0.1, -0.05) is 59.9 Å². The SMILES string of the molecule is C[Si](C)=[Zr+2].Cc1cc2c([cH-]1)c1cccc(Br)c1n2C.Cc1cc2c([cH-]1)c1cccc(Br)c1n2C.[Cl-].[Cl-]. The standard InChI is InChI=1S/2C13H11BrN.C2H6Si.2ClH.Zr/c2*1-8-6-10-9-4-3-5-11(14)13(9)15(2)12(10)7-8;1-3-2;;;/h2*3-7H,1-2H3;1-2H3;2*1H;/q2*-1;;;;+2/p-2. The minimum Gasteiger partial charge on any atom is -1.00 e. The number of hydrogen-bond donors (Lipinski definition) is 0. The molecule has 6 rings (SSSR count). The van der Waals surface area contributed by atoms with Gasteiger partial charge in [0.05, 0.1) is 0 Å². The van der Waals surface area contributed by atoms with Crippen molar-refractivity contribution in [2.75, 3.05) is 0 Å². The molecule has 0 aliphatic carbocycles. The van der Waals surface area contributed by atoms with Crippen LogP contribution in [0.3, 0.4) is 0 Å². The summed E-state index contributed by atoms with van der Waals surface area (Å²) >= 11 is 8.95. The summed E-state index contributed by atoms with van der Waals surface area (Å²) in [5.41, 5.74) is 8.06. The maximum Gasteiger partial charge on any atom is 0.0314 e. The molecular formula is C28H28Br2Cl2N2SiZr-2. The van der Waals surface area contributed by atoms with E-state index < -0.39 is 0 Å². The molecule has 0 unspecified atom stereocenters. The van der Waals surface area contributed by atoms with Crippen LogP contribution in [0.4, 0.5) is 0 Å². The van der Waals surface area contributed by atoms with Crippen LogP contribution in [0.25, 0.3) is 43.6 Å². The summed E-state index contributed by atoms with van der Waals surface area (Å²) in [7, 11) is 4.24. The van der Waals surface area contributed by atoms with Gasteiger partial charge in [-0.25, -0.2) is 0 Å². The van der Waals surface area contributed by atoms with E-state index in [9.17, 15) is 0 Å². The number of aryl methyl sites for hydroxylation is 4. The van der Waals surface area contributed by atoms with Crippen LogP contribution in [0.15, 0.2) is 69.6 Å². The van der Waals surface area contributed by atoms with Crippen molar-refractivity contribution in [2.24, 2.45) is 14.1 Å². The Morgan fingerprint density at radius 2 is 1.06 bits per heavy atom. The zero-order valence-corrected chi connectivity index (χ0v) is 29.3. The van der Waals surface area contributed by atoms with Gasteiger partial charge in [0, 0.05) is 34.1 Å². The normalized spacial score (nSPS) is 10.5. The predicted octanol–water partition coefficient (Wildman–Crippen LogP) is 3.03. The van der Waals surface area contributed by atoms with Gasteiger partial charge in [0.1, 0.15) is 0 Å². The number of aromatic nitrogens is 2. The van der Waals surface area contributed by atoms with Gasteiger partial charge >= 0.3 is 41.9 Å². The third kappa shape index (κ3) is 6.16. The van der Waals surface area contributed by atoms with Crippen molar-refractivity contribution in [2.45, 2.75) is 26.9 Å². The molecule has 0 radical (unpaired) electrons. The second-order valence-electron chi connectivity index (χ2n) is 9.05. The van der Waals surface area contributed by atoms with E-state index in [-0.39, 0.29) is 30.2 Å². The fourth-order valence-corrected chi connectivity index (χ4v) is 5.91. The van der Waals surface area contributed by atoms with Crippen molar-refractivity contribution in [3.63, 3.8) is 0 Å². The summed E-state index contributed by atoms with van der Waals surface area (Å²) in [5, 5.41) is 5.36. The number of benzene rings is 2. The molecule has 2 aromatic heterocycles. The van der Waals surface area contributed by atoms with Crippen molar-refractivity contribution < 1.29 is 48.1 Å². The Morgan fingerprint density at radius 3 is 1.39 bits per heavy atom. The molecule has 0 fully saturated rings. The monoisotopic (exact) mass is 738 g/mol. The number of rotatable bonds is 0. The number of fused-ring (bicyclic) bond motifs is 6. The third-order valence-corrected chi connectivity index (χ3v) is 7.25. The Labute approximate surface area is 257 Å². The van der Waals surface area contributed by atoms with Crippen LogP contribution in [0.1, 0.15) is 11.1 Å². The molecule has 0 N–H and O–H groups in total. The van der Waals surface area contributed by atoms with Gasteiger partial charge in [0.15, 0.2) is 0 Å². The fraction of sp³-hybridized carbons (Fsp3) is 0.214. The molecule has 188 valence electrons. The molecule has 0 amide bonds. The topological polar surface area (TPSA) is 9.86 Å². The Bertz CT molecular complexity index is 1550. The van der Waals surface area contributed by atoms with Gasteiger partial charge in [0.2, 0.25) is 0 Å². The summed E-state index contributed by atoms with van der Waals surface area (Å²) in [6.45, 7) is 8.90. The first-order valence-corrected chi connectivity index (χ1v) is 19.0. The number of nitrogens with zero attached hydrogens (tertiary/aromatic N) is 2. The summed E-state index contributed by atoms with van der Waals surface area (Å²) in [4.78, 5) is 0. The van der Waals surface area contributed by atoms with Gasteiger partial charge in [0.25, 0.3) is 0 Å². The summed E-state index contributed by atoms with van der Waals surface area (Å²) in [6.07, 6.45) is 0. The van der Waals surface area contributed by atoms with Crippen molar-refractivity contribution in [3.05, 3.63) is 80.7 Å². The average Bonchev–Trinajstić information content (AvgIpc) is 3.46.